The summed E-state index contributed by atoms with van der Waals surface area (Å²) in [5.41, 5.74) is 0.990. The molecule has 2 rings (SSSR count). The minimum absolute atomic E-state index is 0.598. The van der Waals surface area contributed by atoms with E-state index < -0.39 is 0 Å². The molecule has 2 nitrogen and oxygen atoms in total. The van der Waals surface area contributed by atoms with Crippen molar-refractivity contribution in [2.75, 3.05) is 13.1 Å². The van der Waals surface area contributed by atoms with E-state index in [4.69, 9.17) is 23.2 Å². The van der Waals surface area contributed by atoms with E-state index in [9.17, 15) is 0 Å². The maximum absolute atomic E-state index is 6.08. The summed E-state index contributed by atoms with van der Waals surface area (Å²) in [5, 5.41) is 8.31. The molecule has 0 aliphatic carbocycles. The smallest absolute Gasteiger partial charge is 0.0465 e. The molecule has 0 spiro atoms. The fourth-order valence-corrected chi connectivity index (χ4v) is 2.53. The molecule has 1 aromatic carbocycles. The predicted octanol–water partition coefficient (Wildman–Crippen LogP) is 2.84. The summed E-state index contributed by atoms with van der Waals surface area (Å²) in [6.07, 6.45) is 2.53. The number of rotatable bonds is 4. The van der Waals surface area contributed by atoms with Crippen molar-refractivity contribution in [3.8, 4) is 0 Å². The monoisotopic (exact) mass is 258 g/mol. The number of halogens is 2. The fraction of sp³-hybridized carbons (Fsp3) is 0.500. The molecule has 2 N–H and O–H groups in total. The first-order valence-corrected chi connectivity index (χ1v) is 6.40. The van der Waals surface area contributed by atoms with Crippen LogP contribution in [-0.4, -0.2) is 19.1 Å². The second-order valence-corrected chi connectivity index (χ2v) is 4.94. The summed E-state index contributed by atoms with van der Waals surface area (Å²) in [5.74, 6) is 0. The second kappa shape index (κ2) is 5.87. The van der Waals surface area contributed by atoms with Gasteiger partial charge >= 0.3 is 0 Å². The van der Waals surface area contributed by atoms with E-state index in [1.165, 1.54) is 12.8 Å². The molecule has 1 fully saturated rings. The molecule has 16 heavy (non-hydrogen) atoms. The van der Waals surface area contributed by atoms with Gasteiger partial charge in [0.05, 0.1) is 0 Å². The summed E-state index contributed by atoms with van der Waals surface area (Å²) in [4.78, 5) is 0. The summed E-state index contributed by atoms with van der Waals surface area (Å²) >= 11 is 12.2. The third-order valence-electron chi connectivity index (χ3n) is 2.92. The van der Waals surface area contributed by atoms with E-state index in [1.54, 1.807) is 0 Å². The lowest BCUT2D eigenvalue weighted by Crippen LogP contribution is -2.33. The first-order valence-electron chi connectivity index (χ1n) is 5.64. The van der Waals surface area contributed by atoms with Crippen LogP contribution in [0.5, 0.6) is 0 Å². The van der Waals surface area contributed by atoms with Crippen molar-refractivity contribution in [2.24, 2.45) is 0 Å². The Hall–Kier alpha value is -0.280. The first-order chi connectivity index (χ1) is 7.77. The molecule has 0 saturated carbocycles. The van der Waals surface area contributed by atoms with Crippen LogP contribution in [0.25, 0.3) is 0 Å². The highest BCUT2D eigenvalue weighted by Gasteiger charge is 2.13. The van der Waals surface area contributed by atoms with E-state index in [0.717, 1.165) is 35.2 Å². The molecule has 1 heterocycles. The summed E-state index contributed by atoms with van der Waals surface area (Å²) in [6.45, 7) is 2.84. The molecule has 1 atom stereocenters. The average molecular weight is 259 g/mol. The van der Waals surface area contributed by atoms with Crippen molar-refractivity contribution in [3.05, 3.63) is 33.8 Å². The van der Waals surface area contributed by atoms with Gasteiger partial charge in [-0.05, 0) is 31.5 Å². The third-order valence-corrected chi connectivity index (χ3v) is 3.62. The Labute approximate surface area is 106 Å². The van der Waals surface area contributed by atoms with Crippen LogP contribution in [0.4, 0.5) is 0 Å². The van der Waals surface area contributed by atoms with Crippen LogP contribution in [0, 0.1) is 0 Å². The average Bonchev–Trinajstić information content (AvgIpc) is 2.75. The molecule has 0 unspecified atom stereocenters. The summed E-state index contributed by atoms with van der Waals surface area (Å²) < 4.78 is 0. The molecule has 0 aromatic heterocycles. The van der Waals surface area contributed by atoms with E-state index in [0.29, 0.717) is 6.04 Å². The molecule has 0 bridgehead atoms. The SMILES string of the molecule is Clc1cccc(Cl)c1CNC[C@@H]1CCCN1. The Morgan fingerprint density at radius 3 is 2.69 bits per heavy atom. The third kappa shape index (κ3) is 3.11. The molecule has 0 amide bonds. The zero-order valence-electron chi connectivity index (χ0n) is 9.10. The highest BCUT2D eigenvalue weighted by atomic mass is 35.5. The van der Waals surface area contributed by atoms with Gasteiger partial charge in [0, 0.05) is 34.7 Å². The molecule has 1 aliphatic rings. The summed E-state index contributed by atoms with van der Waals surface area (Å²) in [6, 6.07) is 6.21. The van der Waals surface area contributed by atoms with Crippen LogP contribution in [-0.2, 0) is 6.54 Å². The molecule has 4 heteroatoms. The van der Waals surface area contributed by atoms with Crippen LogP contribution in [0.15, 0.2) is 18.2 Å². The van der Waals surface area contributed by atoms with Crippen molar-refractivity contribution in [1.29, 1.82) is 0 Å². The quantitative estimate of drug-likeness (QED) is 0.868. The lowest BCUT2D eigenvalue weighted by atomic mass is 10.2. The highest BCUT2D eigenvalue weighted by molar-refractivity contribution is 6.35. The number of nitrogens with one attached hydrogen (secondary N) is 2. The van der Waals surface area contributed by atoms with Crippen molar-refractivity contribution >= 4 is 23.2 Å². The highest BCUT2D eigenvalue weighted by Crippen LogP contribution is 2.23. The van der Waals surface area contributed by atoms with Gasteiger partial charge in [0.1, 0.15) is 0 Å². The van der Waals surface area contributed by atoms with Crippen molar-refractivity contribution in [2.45, 2.75) is 25.4 Å². The van der Waals surface area contributed by atoms with E-state index in [-0.39, 0.29) is 0 Å². The maximum atomic E-state index is 6.08. The van der Waals surface area contributed by atoms with Crippen molar-refractivity contribution in [3.63, 3.8) is 0 Å². The van der Waals surface area contributed by atoms with Crippen LogP contribution >= 0.6 is 23.2 Å². The molecule has 1 saturated heterocycles. The van der Waals surface area contributed by atoms with Crippen LogP contribution in [0.2, 0.25) is 10.0 Å². The van der Waals surface area contributed by atoms with Gasteiger partial charge in [0.25, 0.3) is 0 Å². The van der Waals surface area contributed by atoms with Crippen LogP contribution < -0.4 is 10.6 Å². The zero-order chi connectivity index (χ0) is 11.4. The molecule has 1 aromatic rings. The fourth-order valence-electron chi connectivity index (χ4n) is 2.00. The van der Waals surface area contributed by atoms with Gasteiger partial charge in [-0.25, -0.2) is 0 Å². The first kappa shape index (κ1) is 12.2. The maximum Gasteiger partial charge on any atom is 0.0465 e. The molecule has 88 valence electrons. The Morgan fingerprint density at radius 1 is 1.31 bits per heavy atom. The Bertz CT molecular complexity index is 329. The molecular formula is C12H16Cl2N2. The van der Waals surface area contributed by atoms with Crippen LogP contribution in [0.1, 0.15) is 18.4 Å². The van der Waals surface area contributed by atoms with Crippen molar-refractivity contribution in [1.82, 2.24) is 10.6 Å². The predicted molar refractivity (Wildman–Crippen MR) is 69.2 cm³/mol. The lowest BCUT2D eigenvalue weighted by molar-refractivity contribution is 0.536. The Morgan fingerprint density at radius 2 is 2.06 bits per heavy atom. The number of hydrogen-bond acceptors (Lipinski definition) is 2. The van der Waals surface area contributed by atoms with E-state index >= 15 is 0 Å². The van der Waals surface area contributed by atoms with E-state index in [2.05, 4.69) is 10.6 Å². The minimum Gasteiger partial charge on any atom is -0.313 e. The van der Waals surface area contributed by atoms with Gasteiger partial charge in [-0.2, -0.15) is 0 Å². The van der Waals surface area contributed by atoms with Gasteiger partial charge in [0.15, 0.2) is 0 Å². The van der Waals surface area contributed by atoms with Gasteiger partial charge < -0.3 is 10.6 Å². The van der Waals surface area contributed by atoms with Gasteiger partial charge in [-0.15, -0.1) is 0 Å². The topological polar surface area (TPSA) is 24.1 Å². The molecule has 0 radical (unpaired) electrons. The largest absolute Gasteiger partial charge is 0.313 e. The summed E-state index contributed by atoms with van der Waals surface area (Å²) in [7, 11) is 0. The Kier molecular flexibility index (Phi) is 4.47. The van der Waals surface area contributed by atoms with Crippen molar-refractivity contribution < 1.29 is 0 Å². The standard InChI is InChI=1S/C12H16Cl2N2/c13-11-4-1-5-12(14)10(11)8-15-7-9-3-2-6-16-9/h1,4-5,9,15-16H,2-3,6-8H2/t9-/m0/s1. The van der Waals surface area contributed by atoms with Gasteiger partial charge in [-0.1, -0.05) is 29.3 Å². The van der Waals surface area contributed by atoms with Gasteiger partial charge in [0.2, 0.25) is 0 Å². The zero-order valence-corrected chi connectivity index (χ0v) is 10.6. The minimum atomic E-state index is 0.598. The Balaban J connectivity index is 1.84. The van der Waals surface area contributed by atoms with Crippen LogP contribution in [0.3, 0.4) is 0 Å². The molecule has 1 aliphatic heterocycles. The van der Waals surface area contributed by atoms with E-state index in [1.807, 2.05) is 18.2 Å². The van der Waals surface area contributed by atoms with Gasteiger partial charge in [-0.3, -0.25) is 0 Å². The second-order valence-electron chi connectivity index (χ2n) is 4.12. The lowest BCUT2D eigenvalue weighted by Gasteiger charge is -2.12. The molecular weight excluding hydrogens is 243 g/mol. The number of hydrogen-bond donors (Lipinski definition) is 2. The normalized spacial score (nSPS) is 20.2. The number of benzene rings is 1.